The summed E-state index contributed by atoms with van der Waals surface area (Å²) >= 11 is -1.72. The molecule has 0 bridgehead atoms. The zero-order chi connectivity index (χ0) is 42.4. The van der Waals surface area contributed by atoms with E-state index in [1.54, 1.807) is 24.3 Å². The Balaban J connectivity index is 0.000000251. The van der Waals surface area contributed by atoms with Crippen molar-refractivity contribution >= 4 is 61.5 Å². The van der Waals surface area contributed by atoms with Gasteiger partial charge in [-0.25, -0.2) is 13.8 Å². The zero-order valence-corrected chi connectivity index (χ0v) is 39.0. The second-order valence-electron chi connectivity index (χ2n) is 16.1. The minimum atomic E-state index is -1.72. The van der Waals surface area contributed by atoms with Crippen molar-refractivity contribution in [1.82, 2.24) is 19.5 Å². The van der Waals surface area contributed by atoms with Crippen molar-refractivity contribution in [2.45, 2.75) is 17.3 Å². The van der Waals surface area contributed by atoms with Crippen molar-refractivity contribution in [2.75, 3.05) is 0 Å². The van der Waals surface area contributed by atoms with Gasteiger partial charge in [-0.1, -0.05) is 77.7 Å². The molecule has 4 aromatic heterocycles. The minimum Gasteiger partial charge on any atom is 0 e. The molecule has 309 valence electrons. The Morgan fingerprint density at radius 2 is 1.33 bits per heavy atom. The molecule has 4 heterocycles. The van der Waals surface area contributed by atoms with E-state index < -0.39 is 13.3 Å². The Morgan fingerprint density at radius 1 is 0.603 bits per heavy atom. The van der Waals surface area contributed by atoms with Crippen LogP contribution in [-0.2, 0) is 20.1 Å². The molecule has 0 spiro atoms. The van der Waals surface area contributed by atoms with Crippen LogP contribution in [0, 0.1) is 23.8 Å². The van der Waals surface area contributed by atoms with E-state index in [4.69, 9.17) is 14.4 Å². The van der Waals surface area contributed by atoms with Crippen molar-refractivity contribution in [2.24, 2.45) is 0 Å². The number of benzene rings is 7. The molecule has 0 saturated carbocycles. The van der Waals surface area contributed by atoms with E-state index in [2.05, 4.69) is 51.1 Å². The van der Waals surface area contributed by atoms with Crippen LogP contribution in [0.3, 0.4) is 0 Å². The first kappa shape index (κ1) is 41.8. The molecule has 1 radical (unpaired) electrons. The quantitative estimate of drug-likeness (QED) is 0.123. The fourth-order valence-corrected chi connectivity index (χ4v) is 10.1. The number of nitrogens with zero attached hydrogens (tertiary/aromatic N) is 4. The van der Waals surface area contributed by atoms with Crippen LogP contribution in [0.5, 0.6) is 0 Å². The van der Waals surface area contributed by atoms with E-state index in [9.17, 15) is 4.39 Å². The topological polar surface area (TPSA) is 56.7 Å². The summed E-state index contributed by atoms with van der Waals surface area (Å²) in [6.45, 7) is 0. The van der Waals surface area contributed by atoms with Crippen molar-refractivity contribution in [3.8, 4) is 50.7 Å². The molecule has 0 N–H and O–H groups in total. The number of hydrogen-bond donors (Lipinski definition) is 0. The maximum absolute atomic E-state index is 15.7. The third-order valence-corrected chi connectivity index (χ3v) is 15.4. The molecule has 11 aromatic rings. The number of para-hydroxylation sites is 2. The van der Waals surface area contributed by atoms with Gasteiger partial charge >= 0.3 is 99.8 Å². The van der Waals surface area contributed by atoms with Crippen molar-refractivity contribution in [3.63, 3.8) is 0 Å². The third kappa shape index (κ3) is 8.02. The predicted molar refractivity (Wildman–Crippen MR) is 250 cm³/mol. The van der Waals surface area contributed by atoms with Gasteiger partial charge in [0.15, 0.2) is 0 Å². The molecule has 63 heavy (non-hydrogen) atoms. The minimum absolute atomic E-state index is 0. The summed E-state index contributed by atoms with van der Waals surface area (Å²) in [6, 6.07) is 59.7. The predicted octanol–water partition coefficient (Wildman–Crippen LogP) is 13.6. The van der Waals surface area contributed by atoms with Gasteiger partial charge in [-0.05, 0) is 60.2 Å². The molecule has 0 saturated heterocycles. The largest absolute Gasteiger partial charge is 0 e. The van der Waals surface area contributed by atoms with Gasteiger partial charge in [-0.15, -0.1) is 18.2 Å². The van der Waals surface area contributed by atoms with E-state index in [1.807, 2.05) is 128 Å². The van der Waals surface area contributed by atoms with Gasteiger partial charge in [0.2, 0.25) is 5.71 Å². The van der Waals surface area contributed by atoms with Gasteiger partial charge in [-0.2, -0.15) is 0 Å². The van der Waals surface area contributed by atoms with Crippen LogP contribution in [0.1, 0.15) is 0 Å². The summed E-state index contributed by atoms with van der Waals surface area (Å²) in [7, 11) is 0. The number of pyridine rings is 2. The van der Waals surface area contributed by atoms with Crippen LogP contribution in [0.2, 0.25) is 17.3 Å². The number of aromatic nitrogens is 4. The first-order valence-corrected chi connectivity index (χ1v) is 27.7. The number of hydrogen-bond acceptors (Lipinski definition) is 4. The molecule has 0 aliphatic rings. The second kappa shape index (κ2) is 17.3. The van der Waals surface area contributed by atoms with Crippen LogP contribution in [0.15, 0.2) is 180 Å². The number of fused-ring (bicyclic) bond motifs is 5. The van der Waals surface area contributed by atoms with Crippen LogP contribution in [-0.4, -0.2) is 32.8 Å². The molecular weight excluding hydrogens is 1020 g/mol. The molecule has 0 amide bonds. The molecular formula is C54H38F2GeIrN4O-2. The monoisotopic (exact) mass is 1060 g/mol. The molecule has 0 fully saturated rings. The van der Waals surface area contributed by atoms with Crippen LogP contribution >= 0.6 is 0 Å². The SMILES string of the molecule is Fc1ccc(-c2ccc3c(n2)oc2c(-c4nc5ccccc5n4-c4c(-c5ccccc5)cc(F)c5ccccc45)[c-]ccc23)cc1.[CH3][Ge]([CH3])([CH3])[c]1ccc(-c2[c-]cccc2)nc1.[Ir]. The molecule has 0 atom stereocenters. The fraction of sp³-hybridized carbons (Fsp3) is 0.0556. The van der Waals surface area contributed by atoms with Crippen LogP contribution in [0.4, 0.5) is 8.78 Å². The number of halogens is 2. The summed E-state index contributed by atoms with van der Waals surface area (Å²) in [6.07, 6.45) is 2.04. The van der Waals surface area contributed by atoms with E-state index in [0.717, 1.165) is 60.8 Å². The average Bonchev–Trinajstić information content (AvgIpc) is 3.88. The van der Waals surface area contributed by atoms with Crippen molar-refractivity contribution in [3.05, 3.63) is 200 Å². The van der Waals surface area contributed by atoms with Gasteiger partial charge in [0.25, 0.3) is 0 Å². The fourth-order valence-electron chi connectivity index (χ4n) is 7.93. The molecule has 7 aromatic carbocycles. The maximum Gasteiger partial charge on any atom is 0 e. The summed E-state index contributed by atoms with van der Waals surface area (Å²) in [4.78, 5) is 14.5. The van der Waals surface area contributed by atoms with Gasteiger partial charge in [0.05, 0.1) is 33.8 Å². The van der Waals surface area contributed by atoms with E-state index in [-0.39, 0.29) is 31.7 Å². The first-order valence-electron chi connectivity index (χ1n) is 20.4. The Morgan fingerprint density at radius 3 is 2.08 bits per heavy atom. The summed E-state index contributed by atoms with van der Waals surface area (Å²) < 4.78 is 39.4. The Labute approximate surface area is 379 Å². The summed E-state index contributed by atoms with van der Waals surface area (Å²) in [5.74, 6) is 7.15. The van der Waals surface area contributed by atoms with E-state index in [1.165, 1.54) is 16.5 Å². The molecule has 0 aliphatic carbocycles. The van der Waals surface area contributed by atoms with Crippen LogP contribution in [0.25, 0.3) is 94.6 Å². The van der Waals surface area contributed by atoms with Gasteiger partial charge in [0, 0.05) is 47.4 Å². The van der Waals surface area contributed by atoms with Crippen molar-refractivity contribution in [1.29, 1.82) is 0 Å². The third-order valence-electron chi connectivity index (χ3n) is 11.1. The molecule has 9 heteroatoms. The van der Waals surface area contributed by atoms with Crippen molar-refractivity contribution < 1.29 is 33.3 Å². The second-order valence-corrected chi connectivity index (χ2v) is 26.8. The standard InChI is InChI=1S/C40H22F2N3O.C14H16GeN.Ir/c41-26-19-17-25(18-20-26)34-22-21-30-29-13-8-14-31(38(29)46-40(30)44-34)39-43-35-15-6-7-16-36(35)45(39)37-28-12-5-4-11-27(28)33(42)23-32(37)24-9-2-1-3-10-24;1-15(2,3)13-9-10-14(16-11-13)12-7-5-4-6-8-12;/h1-13,15-23H;4-7,9-11H,1-3H3;/q2*-1;. The number of rotatable bonds is 6. The molecule has 0 unspecified atom stereocenters. The van der Waals surface area contributed by atoms with Gasteiger partial charge in [0.1, 0.15) is 11.6 Å². The average molecular weight is 1060 g/mol. The zero-order valence-electron chi connectivity index (χ0n) is 34.5. The Bertz CT molecular complexity index is 3400. The van der Waals surface area contributed by atoms with E-state index >= 15 is 4.39 Å². The Kier molecular flexibility index (Phi) is 11.5. The van der Waals surface area contributed by atoms with Gasteiger partial charge in [-0.3, -0.25) is 4.98 Å². The summed E-state index contributed by atoms with van der Waals surface area (Å²) in [5.41, 5.74) is 9.32. The summed E-state index contributed by atoms with van der Waals surface area (Å²) in [5, 5.41) is 2.99. The molecule has 0 aliphatic heterocycles. The Hall–Kier alpha value is -6.58. The van der Waals surface area contributed by atoms with E-state index in [0.29, 0.717) is 33.8 Å². The maximum atomic E-state index is 15.7. The molecule has 5 nitrogen and oxygen atoms in total. The number of imidazole rings is 1. The number of furan rings is 1. The molecule has 11 rings (SSSR count). The normalized spacial score (nSPS) is 11.4. The first-order chi connectivity index (χ1) is 30.2. The van der Waals surface area contributed by atoms with Crippen LogP contribution < -0.4 is 4.40 Å². The smallest absolute Gasteiger partial charge is 0 e. The van der Waals surface area contributed by atoms with Gasteiger partial charge < -0.3 is 8.98 Å².